The molecule has 0 atom stereocenters. The number of nitrogens with one attached hydrogen (secondary N) is 1. The number of hydrogen-bond acceptors (Lipinski definition) is 4. The molecule has 0 bridgehead atoms. The summed E-state index contributed by atoms with van der Waals surface area (Å²) in [5.74, 6) is 1.52. The summed E-state index contributed by atoms with van der Waals surface area (Å²) in [6, 6.07) is 4.20. The van der Waals surface area contributed by atoms with Crippen molar-refractivity contribution in [1.82, 2.24) is 9.97 Å². The number of rotatable bonds is 5. The molecule has 0 fully saturated rings. The van der Waals surface area contributed by atoms with Crippen molar-refractivity contribution in [2.45, 2.75) is 34.1 Å². The Bertz CT molecular complexity index is 638. The molecule has 2 rings (SSSR count). The van der Waals surface area contributed by atoms with Crippen LogP contribution in [0.15, 0.2) is 18.3 Å². The zero-order chi connectivity index (χ0) is 15.4. The lowest BCUT2D eigenvalue weighted by atomic mass is 9.99. The molecule has 1 N–H and O–H groups in total. The molecule has 1 aromatic heterocycles. The molecule has 0 aliphatic heterocycles. The van der Waals surface area contributed by atoms with E-state index in [-0.39, 0.29) is 0 Å². The van der Waals surface area contributed by atoms with Crippen LogP contribution in [0.1, 0.15) is 30.0 Å². The van der Waals surface area contributed by atoms with Gasteiger partial charge in [-0.3, -0.25) is 0 Å². The molecule has 1 aromatic carbocycles. The van der Waals surface area contributed by atoms with Gasteiger partial charge in [-0.05, 0) is 49.9 Å². The Kier molecular flexibility index (Phi) is 4.78. The lowest BCUT2D eigenvalue weighted by Gasteiger charge is -2.15. The summed E-state index contributed by atoms with van der Waals surface area (Å²) in [6.45, 7) is 9.17. The smallest absolute Gasteiger partial charge is 0.223 e. The number of benzene rings is 1. The van der Waals surface area contributed by atoms with E-state index in [2.05, 4.69) is 42.1 Å². The summed E-state index contributed by atoms with van der Waals surface area (Å²) in [5, 5.41) is 3.24. The second-order valence-corrected chi connectivity index (χ2v) is 5.31. The lowest BCUT2D eigenvalue weighted by molar-refractivity contribution is 0.415. The largest absolute Gasteiger partial charge is 0.496 e. The van der Waals surface area contributed by atoms with E-state index in [0.717, 1.165) is 41.1 Å². The topological polar surface area (TPSA) is 47.0 Å². The highest BCUT2D eigenvalue weighted by Gasteiger charge is 2.15. The van der Waals surface area contributed by atoms with Gasteiger partial charge in [0, 0.05) is 18.3 Å². The van der Waals surface area contributed by atoms with E-state index in [0.29, 0.717) is 5.95 Å². The third-order valence-corrected chi connectivity index (χ3v) is 3.41. The predicted octanol–water partition coefficient (Wildman–Crippen LogP) is 3.90. The molecule has 0 radical (unpaired) electrons. The number of anilines is 1. The molecule has 0 saturated heterocycles. The van der Waals surface area contributed by atoms with Gasteiger partial charge in [0.25, 0.3) is 0 Å². The molecule has 4 heteroatoms. The summed E-state index contributed by atoms with van der Waals surface area (Å²) in [4.78, 5) is 9.02. The maximum absolute atomic E-state index is 5.56. The van der Waals surface area contributed by atoms with E-state index in [1.807, 2.05) is 19.2 Å². The molecule has 2 aromatic rings. The summed E-state index contributed by atoms with van der Waals surface area (Å²) in [7, 11) is 1.70. The van der Waals surface area contributed by atoms with Crippen molar-refractivity contribution in [1.29, 1.82) is 0 Å². The Labute approximate surface area is 126 Å². The Balaban J connectivity index is 2.55. The minimum atomic E-state index is 0.666. The third-order valence-electron chi connectivity index (χ3n) is 3.41. The lowest BCUT2D eigenvalue weighted by Crippen LogP contribution is -2.06. The first-order valence-electron chi connectivity index (χ1n) is 7.30. The maximum atomic E-state index is 5.56. The summed E-state index contributed by atoms with van der Waals surface area (Å²) in [5.41, 5.74) is 5.36. The molecule has 4 nitrogen and oxygen atoms in total. The SMILES string of the molecule is CCCNc1ncc(C)c(-c2c(C)cc(C)cc2OC)n1. The van der Waals surface area contributed by atoms with Gasteiger partial charge >= 0.3 is 0 Å². The minimum absolute atomic E-state index is 0.666. The van der Waals surface area contributed by atoms with E-state index in [1.165, 1.54) is 5.56 Å². The van der Waals surface area contributed by atoms with Crippen molar-refractivity contribution in [2.75, 3.05) is 19.0 Å². The summed E-state index contributed by atoms with van der Waals surface area (Å²) < 4.78 is 5.56. The average Bonchev–Trinajstić information content (AvgIpc) is 2.46. The van der Waals surface area contributed by atoms with Gasteiger partial charge < -0.3 is 10.1 Å². The van der Waals surface area contributed by atoms with Gasteiger partial charge in [0.05, 0.1) is 12.8 Å². The van der Waals surface area contributed by atoms with Crippen molar-refractivity contribution < 1.29 is 4.74 Å². The van der Waals surface area contributed by atoms with Gasteiger partial charge in [0.15, 0.2) is 0 Å². The highest BCUT2D eigenvalue weighted by atomic mass is 16.5. The van der Waals surface area contributed by atoms with Crippen molar-refractivity contribution in [3.05, 3.63) is 35.0 Å². The van der Waals surface area contributed by atoms with Gasteiger partial charge in [-0.1, -0.05) is 13.0 Å². The number of ether oxygens (including phenoxy) is 1. The Morgan fingerprint density at radius 2 is 1.90 bits per heavy atom. The van der Waals surface area contributed by atoms with Crippen LogP contribution in [0.5, 0.6) is 5.75 Å². The second kappa shape index (κ2) is 6.57. The fourth-order valence-electron chi connectivity index (χ4n) is 2.41. The quantitative estimate of drug-likeness (QED) is 0.905. The van der Waals surface area contributed by atoms with Gasteiger partial charge in [0.1, 0.15) is 5.75 Å². The van der Waals surface area contributed by atoms with Crippen molar-refractivity contribution >= 4 is 5.95 Å². The molecule has 0 aliphatic carbocycles. The van der Waals surface area contributed by atoms with E-state index in [1.54, 1.807) is 7.11 Å². The number of nitrogens with zero attached hydrogens (tertiary/aromatic N) is 2. The van der Waals surface area contributed by atoms with Crippen LogP contribution in [0.2, 0.25) is 0 Å². The number of aryl methyl sites for hydroxylation is 3. The second-order valence-electron chi connectivity index (χ2n) is 5.31. The van der Waals surface area contributed by atoms with Crippen LogP contribution in [0.4, 0.5) is 5.95 Å². The Morgan fingerprint density at radius 1 is 1.14 bits per heavy atom. The molecular formula is C17H23N3O. The Morgan fingerprint density at radius 3 is 2.57 bits per heavy atom. The van der Waals surface area contributed by atoms with Gasteiger partial charge in [-0.15, -0.1) is 0 Å². The van der Waals surface area contributed by atoms with E-state index in [9.17, 15) is 0 Å². The number of hydrogen-bond donors (Lipinski definition) is 1. The van der Waals surface area contributed by atoms with Crippen molar-refractivity contribution in [3.63, 3.8) is 0 Å². The van der Waals surface area contributed by atoms with Crippen molar-refractivity contribution in [3.8, 4) is 17.0 Å². The van der Waals surface area contributed by atoms with Crippen LogP contribution >= 0.6 is 0 Å². The molecule has 112 valence electrons. The molecule has 0 amide bonds. The molecular weight excluding hydrogens is 262 g/mol. The average molecular weight is 285 g/mol. The Hall–Kier alpha value is -2.10. The molecule has 21 heavy (non-hydrogen) atoms. The predicted molar refractivity (Wildman–Crippen MR) is 87.0 cm³/mol. The zero-order valence-corrected chi connectivity index (χ0v) is 13.4. The van der Waals surface area contributed by atoms with Crippen LogP contribution < -0.4 is 10.1 Å². The normalized spacial score (nSPS) is 10.5. The fraction of sp³-hybridized carbons (Fsp3) is 0.412. The highest BCUT2D eigenvalue weighted by Crippen LogP contribution is 2.35. The van der Waals surface area contributed by atoms with Gasteiger partial charge in [0.2, 0.25) is 5.95 Å². The molecule has 0 unspecified atom stereocenters. The van der Waals surface area contributed by atoms with Crippen LogP contribution in [0.25, 0.3) is 11.3 Å². The fourth-order valence-corrected chi connectivity index (χ4v) is 2.41. The minimum Gasteiger partial charge on any atom is -0.496 e. The van der Waals surface area contributed by atoms with E-state index >= 15 is 0 Å². The molecule has 0 saturated carbocycles. The van der Waals surface area contributed by atoms with E-state index in [4.69, 9.17) is 4.74 Å². The van der Waals surface area contributed by atoms with E-state index < -0.39 is 0 Å². The highest BCUT2D eigenvalue weighted by molar-refractivity contribution is 5.74. The van der Waals surface area contributed by atoms with Crippen LogP contribution in [0, 0.1) is 20.8 Å². The van der Waals surface area contributed by atoms with Crippen molar-refractivity contribution in [2.24, 2.45) is 0 Å². The van der Waals surface area contributed by atoms with Crippen LogP contribution in [-0.2, 0) is 0 Å². The molecule has 0 spiro atoms. The van der Waals surface area contributed by atoms with Crippen LogP contribution in [0.3, 0.4) is 0 Å². The first kappa shape index (κ1) is 15.3. The first-order valence-corrected chi connectivity index (χ1v) is 7.30. The van der Waals surface area contributed by atoms with Crippen LogP contribution in [-0.4, -0.2) is 23.6 Å². The summed E-state index contributed by atoms with van der Waals surface area (Å²) >= 11 is 0. The number of aromatic nitrogens is 2. The van der Waals surface area contributed by atoms with Gasteiger partial charge in [-0.2, -0.15) is 0 Å². The maximum Gasteiger partial charge on any atom is 0.223 e. The molecule has 0 aliphatic rings. The number of methoxy groups -OCH3 is 1. The monoisotopic (exact) mass is 285 g/mol. The zero-order valence-electron chi connectivity index (χ0n) is 13.4. The van der Waals surface area contributed by atoms with Gasteiger partial charge in [-0.25, -0.2) is 9.97 Å². The summed E-state index contributed by atoms with van der Waals surface area (Å²) in [6.07, 6.45) is 2.90. The molecule has 1 heterocycles. The standard InChI is InChI=1S/C17H23N3O/c1-6-7-18-17-19-10-13(4)16(20-17)15-12(3)8-11(2)9-14(15)21-5/h8-10H,6-7H2,1-5H3,(H,18,19,20). The third kappa shape index (κ3) is 3.32. The first-order chi connectivity index (χ1) is 10.1.